The molecular formula is C22H29N5O2S2. The second-order valence-electron chi connectivity index (χ2n) is 8.35. The van der Waals surface area contributed by atoms with E-state index in [1.807, 2.05) is 43.3 Å². The third kappa shape index (κ3) is 5.34. The van der Waals surface area contributed by atoms with E-state index in [2.05, 4.69) is 16.7 Å². The molecule has 1 aliphatic carbocycles. The summed E-state index contributed by atoms with van der Waals surface area (Å²) < 4.78 is 23.7. The molecule has 7 nitrogen and oxygen atoms in total. The maximum Gasteiger partial charge on any atom is 0.225 e. The highest BCUT2D eigenvalue weighted by molar-refractivity contribution is 7.92. The number of aromatic nitrogens is 2. The summed E-state index contributed by atoms with van der Waals surface area (Å²) in [6.45, 7) is 0.711. The molecule has 0 bridgehead atoms. The summed E-state index contributed by atoms with van der Waals surface area (Å²) in [6, 6.07) is 12.5. The fourth-order valence-corrected chi connectivity index (χ4v) is 5.92. The Morgan fingerprint density at radius 3 is 2.42 bits per heavy atom. The Hall–Kier alpha value is -2.23. The van der Waals surface area contributed by atoms with Crippen molar-refractivity contribution in [1.29, 1.82) is 0 Å². The van der Waals surface area contributed by atoms with Crippen LogP contribution in [-0.2, 0) is 16.4 Å². The molecule has 0 radical (unpaired) electrons. The van der Waals surface area contributed by atoms with Crippen LogP contribution in [-0.4, -0.2) is 50.8 Å². The van der Waals surface area contributed by atoms with Crippen LogP contribution in [0.3, 0.4) is 0 Å². The monoisotopic (exact) mass is 459 g/mol. The number of anilines is 2. The van der Waals surface area contributed by atoms with Crippen molar-refractivity contribution in [3.05, 3.63) is 41.3 Å². The van der Waals surface area contributed by atoms with Crippen LogP contribution in [0.2, 0.25) is 0 Å². The second-order valence-corrected chi connectivity index (χ2v) is 11.8. The van der Waals surface area contributed by atoms with Crippen LogP contribution in [0.4, 0.5) is 11.8 Å². The highest BCUT2D eigenvalue weighted by Crippen LogP contribution is 2.27. The van der Waals surface area contributed by atoms with E-state index in [1.165, 1.54) is 17.6 Å². The van der Waals surface area contributed by atoms with Gasteiger partial charge in [-0.2, -0.15) is 4.98 Å². The van der Waals surface area contributed by atoms with Crippen molar-refractivity contribution in [1.82, 2.24) is 15.3 Å². The van der Waals surface area contributed by atoms with Crippen molar-refractivity contribution in [2.75, 3.05) is 30.6 Å². The fraction of sp³-hybridized carbons (Fsp3) is 0.455. The lowest BCUT2D eigenvalue weighted by atomic mass is 9.91. The molecule has 2 aromatic heterocycles. The lowest BCUT2D eigenvalue weighted by Crippen LogP contribution is -2.36. The van der Waals surface area contributed by atoms with Gasteiger partial charge < -0.3 is 15.5 Å². The van der Waals surface area contributed by atoms with Crippen LogP contribution in [0.25, 0.3) is 10.9 Å². The molecular weight excluding hydrogens is 430 g/mol. The van der Waals surface area contributed by atoms with Crippen molar-refractivity contribution >= 4 is 43.8 Å². The molecule has 166 valence electrons. The number of sulfone groups is 1. The smallest absolute Gasteiger partial charge is 0.225 e. The zero-order valence-corrected chi connectivity index (χ0v) is 19.8. The molecule has 31 heavy (non-hydrogen) atoms. The number of rotatable bonds is 7. The van der Waals surface area contributed by atoms with Crippen molar-refractivity contribution in [2.24, 2.45) is 0 Å². The molecule has 0 spiro atoms. The van der Waals surface area contributed by atoms with Gasteiger partial charge in [0.05, 0.1) is 5.52 Å². The van der Waals surface area contributed by atoms with Gasteiger partial charge in [-0.3, -0.25) is 0 Å². The molecule has 1 aliphatic rings. The molecule has 0 atom stereocenters. The number of nitrogens with zero attached hydrogens (tertiary/aromatic N) is 3. The first-order valence-electron chi connectivity index (χ1n) is 10.5. The zero-order valence-electron chi connectivity index (χ0n) is 18.1. The normalized spacial score (nSPS) is 19.5. The Balaban J connectivity index is 1.33. The van der Waals surface area contributed by atoms with Crippen LogP contribution < -0.4 is 15.5 Å². The maximum absolute atomic E-state index is 11.6. The summed E-state index contributed by atoms with van der Waals surface area (Å²) >= 11 is 1.35. The van der Waals surface area contributed by atoms with E-state index in [0.717, 1.165) is 47.3 Å². The zero-order chi connectivity index (χ0) is 22.0. The van der Waals surface area contributed by atoms with Gasteiger partial charge in [0.15, 0.2) is 9.84 Å². The van der Waals surface area contributed by atoms with Gasteiger partial charge in [-0.15, -0.1) is 11.3 Å². The van der Waals surface area contributed by atoms with E-state index in [1.54, 1.807) is 6.07 Å². The average Bonchev–Trinajstić information content (AvgIpc) is 3.22. The largest absolute Gasteiger partial charge is 0.362 e. The highest BCUT2D eigenvalue weighted by Gasteiger charge is 2.22. The first-order chi connectivity index (χ1) is 14.8. The van der Waals surface area contributed by atoms with Gasteiger partial charge >= 0.3 is 0 Å². The third-order valence-electron chi connectivity index (χ3n) is 5.63. The Kier molecular flexibility index (Phi) is 6.45. The van der Waals surface area contributed by atoms with Crippen molar-refractivity contribution in [2.45, 2.75) is 48.5 Å². The minimum atomic E-state index is -3.12. The standard InChI is InChI=1S/C22H29N5O2S2/c1-27(2)21-18-6-4-5-7-19(18)25-22(26-21)24-16-10-8-15(9-11-16)23-14-17-12-13-20(30-17)31(3,28)29/h4-7,12-13,15-16,23H,8-11,14H2,1-3H3,(H,24,25,26)/t15-,16+. The van der Waals surface area contributed by atoms with Crippen LogP contribution in [0.1, 0.15) is 30.6 Å². The number of para-hydroxylation sites is 1. The highest BCUT2D eigenvalue weighted by atomic mass is 32.2. The first-order valence-corrected chi connectivity index (χ1v) is 13.2. The summed E-state index contributed by atoms with van der Waals surface area (Å²) in [5, 5.41) is 8.18. The number of benzene rings is 1. The molecule has 3 aromatic rings. The molecule has 0 saturated heterocycles. The van der Waals surface area contributed by atoms with Crippen molar-refractivity contribution in [3.63, 3.8) is 0 Å². The minimum absolute atomic E-state index is 0.354. The number of hydrogen-bond donors (Lipinski definition) is 2. The molecule has 2 heterocycles. The molecule has 1 fully saturated rings. The number of thiophene rings is 1. The van der Waals surface area contributed by atoms with Gasteiger partial charge in [-0.25, -0.2) is 13.4 Å². The van der Waals surface area contributed by atoms with Crippen LogP contribution in [0.15, 0.2) is 40.6 Å². The van der Waals surface area contributed by atoms with E-state index < -0.39 is 9.84 Å². The fourth-order valence-electron chi connectivity index (χ4n) is 3.99. The van der Waals surface area contributed by atoms with Crippen molar-refractivity contribution in [3.8, 4) is 0 Å². The van der Waals surface area contributed by atoms with Crippen LogP contribution >= 0.6 is 11.3 Å². The summed E-state index contributed by atoms with van der Waals surface area (Å²) in [5.74, 6) is 1.61. The van der Waals surface area contributed by atoms with Gasteiger partial charge in [0, 0.05) is 49.2 Å². The molecule has 1 aromatic carbocycles. The molecule has 0 amide bonds. The van der Waals surface area contributed by atoms with Gasteiger partial charge in [-0.05, 0) is 49.9 Å². The summed E-state index contributed by atoms with van der Waals surface area (Å²) in [4.78, 5) is 12.5. The second kappa shape index (κ2) is 9.10. The van der Waals surface area contributed by atoms with E-state index in [4.69, 9.17) is 9.97 Å². The Morgan fingerprint density at radius 1 is 1.03 bits per heavy atom. The van der Waals surface area contributed by atoms with Gasteiger partial charge in [0.25, 0.3) is 0 Å². The van der Waals surface area contributed by atoms with Gasteiger partial charge in [0.2, 0.25) is 5.95 Å². The molecule has 0 aliphatic heterocycles. The summed E-state index contributed by atoms with van der Waals surface area (Å²) in [5.41, 5.74) is 0.948. The predicted octanol–water partition coefficient (Wildman–Crippen LogP) is 3.67. The number of fused-ring (bicyclic) bond motifs is 1. The molecule has 0 unspecified atom stereocenters. The van der Waals surface area contributed by atoms with Crippen LogP contribution in [0, 0.1) is 0 Å². The SMILES string of the molecule is CN(C)c1nc(N[C@H]2CC[C@@H](NCc3ccc(S(C)(=O)=O)s3)CC2)nc2ccccc12. The molecule has 2 N–H and O–H groups in total. The molecule has 4 rings (SSSR count). The Labute approximate surface area is 187 Å². The predicted molar refractivity (Wildman–Crippen MR) is 128 cm³/mol. The summed E-state index contributed by atoms with van der Waals surface area (Å²) in [6.07, 6.45) is 5.48. The quantitative estimate of drug-likeness (QED) is 0.557. The molecule has 1 saturated carbocycles. The summed E-state index contributed by atoms with van der Waals surface area (Å²) in [7, 11) is 0.887. The number of hydrogen-bond acceptors (Lipinski definition) is 8. The lowest BCUT2D eigenvalue weighted by molar-refractivity contribution is 0.353. The Bertz CT molecular complexity index is 1150. The molecule has 9 heteroatoms. The maximum atomic E-state index is 11.6. The topological polar surface area (TPSA) is 87.2 Å². The van der Waals surface area contributed by atoms with E-state index in [-0.39, 0.29) is 0 Å². The van der Waals surface area contributed by atoms with E-state index in [9.17, 15) is 8.42 Å². The third-order valence-corrected chi connectivity index (χ3v) is 8.54. The average molecular weight is 460 g/mol. The van der Waals surface area contributed by atoms with E-state index in [0.29, 0.717) is 28.8 Å². The lowest BCUT2D eigenvalue weighted by Gasteiger charge is -2.30. The van der Waals surface area contributed by atoms with Crippen LogP contribution in [0.5, 0.6) is 0 Å². The van der Waals surface area contributed by atoms with E-state index >= 15 is 0 Å². The minimum Gasteiger partial charge on any atom is -0.362 e. The Morgan fingerprint density at radius 2 is 1.74 bits per heavy atom. The van der Waals surface area contributed by atoms with Crippen molar-refractivity contribution < 1.29 is 8.42 Å². The first kappa shape index (κ1) is 22.0. The van der Waals surface area contributed by atoms with Gasteiger partial charge in [-0.1, -0.05) is 12.1 Å². The number of nitrogens with one attached hydrogen (secondary N) is 2. The van der Waals surface area contributed by atoms with Gasteiger partial charge in [0.1, 0.15) is 10.0 Å².